The number of benzene rings is 2. The van der Waals surface area contributed by atoms with Gasteiger partial charge in [0.05, 0.1) is 14.2 Å². The van der Waals surface area contributed by atoms with E-state index in [0.29, 0.717) is 28.7 Å². The summed E-state index contributed by atoms with van der Waals surface area (Å²) in [5.41, 5.74) is 1.89. The molecule has 0 bridgehead atoms. The Labute approximate surface area is 145 Å². The normalized spacial score (nSPS) is 23.6. The Morgan fingerprint density at radius 2 is 1.72 bits per heavy atom. The molecule has 0 aliphatic carbocycles. The fourth-order valence-electron chi connectivity index (χ4n) is 3.50. The van der Waals surface area contributed by atoms with Crippen LogP contribution < -0.4 is 23.7 Å². The predicted molar refractivity (Wildman–Crippen MR) is 89.8 cm³/mol. The van der Waals surface area contributed by atoms with Crippen LogP contribution in [0.15, 0.2) is 30.3 Å². The van der Waals surface area contributed by atoms with Crippen LogP contribution >= 0.6 is 0 Å². The lowest BCUT2D eigenvalue weighted by molar-refractivity contribution is -0.0730. The van der Waals surface area contributed by atoms with Crippen molar-refractivity contribution in [2.75, 3.05) is 21.0 Å². The first-order valence-corrected chi connectivity index (χ1v) is 8.12. The van der Waals surface area contributed by atoms with Crippen molar-refractivity contribution < 1.29 is 28.8 Å². The molecule has 132 valence electrons. The zero-order valence-corrected chi connectivity index (χ0v) is 14.3. The summed E-state index contributed by atoms with van der Waals surface area (Å²) >= 11 is 0. The summed E-state index contributed by atoms with van der Waals surface area (Å²) < 4.78 is 27.5. The van der Waals surface area contributed by atoms with E-state index in [1.807, 2.05) is 31.2 Å². The molecule has 2 aromatic carbocycles. The van der Waals surface area contributed by atoms with Crippen molar-refractivity contribution in [3.63, 3.8) is 0 Å². The summed E-state index contributed by atoms with van der Waals surface area (Å²) in [7, 11) is 3.24. The second-order valence-corrected chi connectivity index (χ2v) is 6.20. The Balaban J connectivity index is 1.87. The molecular formula is C19H20O6. The minimum atomic E-state index is -0.926. The first kappa shape index (κ1) is 15.9. The summed E-state index contributed by atoms with van der Waals surface area (Å²) in [5.74, 6) is 3.03. The molecule has 2 aliphatic rings. The largest absolute Gasteiger partial charge is 0.497 e. The number of methoxy groups -OCH3 is 2. The average molecular weight is 344 g/mol. The van der Waals surface area contributed by atoms with E-state index in [4.69, 9.17) is 23.7 Å². The van der Waals surface area contributed by atoms with Crippen molar-refractivity contribution in [3.8, 4) is 28.7 Å². The number of rotatable bonds is 3. The molecule has 0 spiro atoms. The smallest absolute Gasteiger partial charge is 0.231 e. The zero-order valence-electron chi connectivity index (χ0n) is 14.3. The molecule has 0 saturated carbocycles. The predicted octanol–water partition coefficient (Wildman–Crippen LogP) is 2.91. The van der Waals surface area contributed by atoms with Crippen molar-refractivity contribution in [1.29, 1.82) is 0 Å². The van der Waals surface area contributed by atoms with Crippen molar-refractivity contribution in [2.45, 2.75) is 19.1 Å². The molecule has 0 unspecified atom stereocenters. The molecule has 1 N–H and O–H groups in total. The van der Waals surface area contributed by atoms with E-state index in [1.54, 1.807) is 20.3 Å². The lowest BCUT2D eigenvalue weighted by atomic mass is 9.78. The first-order valence-electron chi connectivity index (χ1n) is 8.12. The van der Waals surface area contributed by atoms with Gasteiger partial charge < -0.3 is 28.8 Å². The molecule has 0 saturated heterocycles. The van der Waals surface area contributed by atoms with Gasteiger partial charge in [0.15, 0.2) is 11.5 Å². The molecule has 2 aliphatic heterocycles. The van der Waals surface area contributed by atoms with Gasteiger partial charge in [-0.1, -0.05) is 13.0 Å². The maximum Gasteiger partial charge on any atom is 0.231 e. The van der Waals surface area contributed by atoms with E-state index < -0.39 is 6.29 Å². The Bertz CT molecular complexity index is 803. The van der Waals surface area contributed by atoms with Crippen molar-refractivity contribution in [2.24, 2.45) is 5.92 Å². The van der Waals surface area contributed by atoms with Crippen molar-refractivity contribution >= 4 is 0 Å². The molecule has 25 heavy (non-hydrogen) atoms. The van der Waals surface area contributed by atoms with Crippen LogP contribution in [-0.2, 0) is 0 Å². The summed E-state index contributed by atoms with van der Waals surface area (Å²) in [6.07, 6.45) is -0.926. The maximum atomic E-state index is 10.4. The zero-order chi connectivity index (χ0) is 17.6. The van der Waals surface area contributed by atoms with Crippen LogP contribution in [0.2, 0.25) is 0 Å². The molecule has 4 rings (SSSR count). The molecule has 3 atom stereocenters. The van der Waals surface area contributed by atoms with Gasteiger partial charge in [0, 0.05) is 35.1 Å². The highest BCUT2D eigenvalue weighted by Gasteiger charge is 2.38. The minimum absolute atomic E-state index is 0.117. The van der Waals surface area contributed by atoms with Gasteiger partial charge in [0.1, 0.15) is 17.2 Å². The molecular weight excluding hydrogens is 324 g/mol. The van der Waals surface area contributed by atoms with Gasteiger partial charge in [-0.3, -0.25) is 0 Å². The van der Waals surface area contributed by atoms with Gasteiger partial charge in [-0.15, -0.1) is 0 Å². The summed E-state index contributed by atoms with van der Waals surface area (Å²) in [5, 5.41) is 10.4. The molecule has 0 radical (unpaired) electrons. The fraction of sp³-hybridized carbons (Fsp3) is 0.368. The molecule has 2 heterocycles. The maximum absolute atomic E-state index is 10.4. The van der Waals surface area contributed by atoms with Gasteiger partial charge in [0.25, 0.3) is 0 Å². The van der Waals surface area contributed by atoms with Crippen LogP contribution in [0.3, 0.4) is 0 Å². The molecule has 2 aromatic rings. The molecule has 6 nitrogen and oxygen atoms in total. The van der Waals surface area contributed by atoms with Gasteiger partial charge >= 0.3 is 0 Å². The van der Waals surface area contributed by atoms with Gasteiger partial charge in [0.2, 0.25) is 13.1 Å². The van der Waals surface area contributed by atoms with Crippen LogP contribution in [0, 0.1) is 5.92 Å². The lowest BCUT2D eigenvalue weighted by Gasteiger charge is -2.36. The minimum Gasteiger partial charge on any atom is -0.497 e. The first-order chi connectivity index (χ1) is 12.1. The highest BCUT2D eigenvalue weighted by atomic mass is 16.7. The third kappa shape index (κ3) is 2.53. The van der Waals surface area contributed by atoms with Crippen LogP contribution in [0.25, 0.3) is 0 Å². The van der Waals surface area contributed by atoms with E-state index in [2.05, 4.69) is 0 Å². The van der Waals surface area contributed by atoms with Gasteiger partial charge in [-0.25, -0.2) is 0 Å². The second kappa shape index (κ2) is 6.04. The van der Waals surface area contributed by atoms with E-state index in [-0.39, 0.29) is 18.6 Å². The number of hydrogen-bond acceptors (Lipinski definition) is 6. The quantitative estimate of drug-likeness (QED) is 0.923. The third-order valence-corrected chi connectivity index (χ3v) is 4.84. The van der Waals surface area contributed by atoms with E-state index >= 15 is 0 Å². The summed E-state index contributed by atoms with van der Waals surface area (Å²) in [4.78, 5) is 0. The molecule has 6 heteroatoms. The summed E-state index contributed by atoms with van der Waals surface area (Å²) in [6.45, 7) is 2.14. The standard InChI is InChI=1S/C19H20O6/c1-10-18(12-5-4-11(21-2)6-14(12)22-3)13-7-16-17(24-9-23-16)8-15(13)25-19(10)20/h4-8,10,18-20H,9H2,1-3H3/t10-,18+,19-/m0/s1. The highest BCUT2D eigenvalue weighted by Crippen LogP contribution is 2.50. The Kier molecular flexibility index (Phi) is 3.84. The van der Waals surface area contributed by atoms with Crippen molar-refractivity contribution in [3.05, 3.63) is 41.5 Å². The Morgan fingerprint density at radius 1 is 0.960 bits per heavy atom. The van der Waals surface area contributed by atoms with Gasteiger partial charge in [-0.2, -0.15) is 0 Å². The molecule has 0 aromatic heterocycles. The van der Waals surface area contributed by atoms with E-state index in [9.17, 15) is 5.11 Å². The van der Waals surface area contributed by atoms with E-state index in [0.717, 1.165) is 11.1 Å². The third-order valence-electron chi connectivity index (χ3n) is 4.84. The van der Waals surface area contributed by atoms with Crippen LogP contribution in [-0.4, -0.2) is 32.4 Å². The van der Waals surface area contributed by atoms with Crippen molar-refractivity contribution in [1.82, 2.24) is 0 Å². The average Bonchev–Trinajstić information content (AvgIpc) is 3.08. The number of hydrogen-bond donors (Lipinski definition) is 1. The second-order valence-electron chi connectivity index (χ2n) is 6.20. The van der Waals surface area contributed by atoms with Crippen LogP contribution in [0.1, 0.15) is 24.0 Å². The summed E-state index contributed by atoms with van der Waals surface area (Å²) in [6, 6.07) is 9.39. The fourth-order valence-corrected chi connectivity index (χ4v) is 3.50. The van der Waals surface area contributed by atoms with Gasteiger partial charge in [-0.05, 0) is 12.1 Å². The lowest BCUT2D eigenvalue weighted by Crippen LogP contribution is -2.34. The number of ether oxygens (including phenoxy) is 5. The molecule has 0 amide bonds. The van der Waals surface area contributed by atoms with Crippen LogP contribution in [0.5, 0.6) is 28.7 Å². The number of aliphatic hydroxyl groups excluding tert-OH is 1. The SMILES string of the molecule is COc1ccc([C@@H]2c3cc4c(cc3O[C@H](O)[C@H]2C)OCO4)c(OC)c1. The number of aliphatic hydroxyl groups is 1. The Morgan fingerprint density at radius 3 is 2.44 bits per heavy atom. The number of fused-ring (bicyclic) bond motifs is 2. The van der Waals surface area contributed by atoms with E-state index in [1.165, 1.54) is 0 Å². The highest BCUT2D eigenvalue weighted by molar-refractivity contribution is 5.58. The molecule has 0 fully saturated rings. The Hall–Kier alpha value is -2.60. The monoisotopic (exact) mass is 344 g/mol. The van der Waals surface area contributed by atoms with Crippen LogP contribution in [0.4, 0.5) is 0 Å². The topological polar surface area (TPSA) is 66.4 Å².